The number of rotatable bonds is 6. The molecule has 1 N–H and O–H groups in total. The van der Waals surface area contributed by atoms with Gasteiger partial charge in [-0.1, -0.05) is 30.3 Å². The van der Waals surface area contributed by atoms with Crippen LogP contribution in [0.2, 0.25) is 0 Å². The summed E-state index contributed by atoms with van der Waals surface area (Å²) in [7, 11) is 1.64. The molecule has 32 heavy (non-hydrogen) atoms. The molecule has 0 aromatic heterocycles. The number of hydrogen-bond donors (Lipinski definition) is 1. The summed E-state index contributed by atoms with van der Waals surface area (Å²) in [5.41, 5.74) is 3.24. The molecule has 0 spiro atoms. The van der Waals surface area contributed by atoms with E-state index in [0.29, 0.717) is 30.1 Å². The maximum absolute atomic E-state index is 12.9. The number of hydrogen-bond acceptors (Lipinski definition) is 4. The molecule has 0 saturated carbocycles. The molecule has 4 rings (SSSR count). The molecule has 6 nitrogen and oxygen atoms in total. The van der Waals surface area contributed by atoms with Crippen molar-refractivity contribution in [3.8, 4) is 11.5 Å². The van der Waals surface area contributed by atoms with Crippen molar-refractivity contribution in [1.29, 1.82) is 0 Å². The first kappa shape index (κ1) is 21.4. The number of carbonyl (C=O) groups is 2. The van der Waals surface area contributed by atoms with Gasteiger partial charge in [0.25, 0.3) is 11.8 Å². The standard InChI is InChI=1S/C26H26N2O4/c1-18-26(30)28(15-14-19-8-11-23(31-2)12-9-19)17-21-16-22(10-13-24(21)32-18)27-25(29)20-6-4-3-5-7-20/h3-13,16,18H,14-15,17H2,1-2H3,(H,27,29)/t18-/m1/s1. The topological polar surface area (TPSA) is 67.9 Å². The van der Waals surface area contributed by atoms with E-state index >= 15 is 0 Å². The lowest BCUT2D eigenvalue weighted by atomic mass is 10.1. The number of benzene rings is 3. The first-order valence-electron chi connectivity index (χ1n) is 10.6. The third-order valence-electron chi connectivity index (χ3n) is 5.51. The monoisotopic (exact) mass is 430 g/mol. The molecule has 0 saturated heterocycles. The molecular formula is C26H26N2O4. The second-order valence-corrected chi connectivity index (χ2v) is 7.76. The largest absolute Gasteiger partial charge is 0.497 e. The van der Waals surface area contributed by atoms with Gasteiger partial charge >= 0.3 is 0 Å². The molecule has 0 bridgehead atoms. The lowest BCUT2D eigenvalue weighted by molar-refractivity contribution is -0.137. The minimum Gasteiger partial charge on any atom is -0.497 e. The summed E-state index contributed by atoms with van der Waals surface area (Å²) in [5, 5.41) is 2.92. The smallest absolute Gasteiger partial charge is 0.263 e. The first-order chi connectivity index (χ1) is 15.5. The maximum Gasteiger partial charge on any atom is 0.263 e. The zero-order valence-corrected chi connectivity index (χ0v) is 18.2. The van der Waals surface area contributed by atoms with Gasteiger partial charge in [0.05, 0.1) is 7.11 Å². The van der Waals surface area contributed by atoms with Gasteiger partial charge < -0.3 is 19.7 Å². The normalized spacial score (nSPS) is 15.4. The van der Waals surface area contributed by atoms with Gasteiger partial charge in [0, 0.05) is 29.9 Å². The van der Waals surface area contributed by atoms with E-state index < -0.39 is 6.10 Å². The lowest BCUT2D eigenvalue weighted by Gasteiger charge is -2.22. The van der Waals surface area contributed by atoms with Crippen LogP contribution in [0.1, 0.15) is 28.4 Å². The Labute approximate surface area is 187 Å². The van der Waals surface area contributed by atoms with Gasteiger partial charge in [-0.25, -0.2) is 0 Å². The Morgan fingerprint density at radius 1 is 1.09 bits per heavy atom. The van der Waals surface area contributed by atoms with Gasteiger partial charge in [0.1, 0.15) is 11.5 Å². The Bertz CT molecular complexity index is 1100. The van der Waals surface area contributed by atoms with Crippen molar-refractivity contribution in [2.75, 3.05) is 19.0 Å². The number of methoxy groups -OCH3 is 1. The Morgan fingerprint density at radius 2 is 1.84 bits per heavy atom. The number of fused-ring (bicyclic) bond motifs is 1. The molecule has 164 valence electrons. The van der Waals surface area contributed by atoms with E-state index in [-0.39, 0.29) is 11.8 Å². The van der Waals surface area contributed by atoms with Crippen LogP contribution < -0.4 is 14.8 Å². The van der Waals surface area contributed by atoms with Crippen molar-refractivity contribution < 1.29 is 19.1 Å². The fourth-order valence-corrected chi connectivity index (χ4v) is 3.72. The van der Waals surface area contributed by atoms with Crippen LogP contribution in [0.3, 0.4) is 0 Å². The highest BCUT2D eigenvalue weighted by Crippen LogP contribution is 2.29. The van der Waals surface area contributed by atoms with Gasteiger partial charge in [-0.3, -0.25) is 9.59 Å². The quantitative estimate of drug-likeness (QED) is 0.633. The minimum atomic E-state index is -0.572. The summed E-state index contributed by atoms with van der Waals surface area (Å²) in [6.07, 6.45) is 0.152. The van der Waals surface area contributed by atoms with Crippen LogP contribution in [0.25, 0.3) is 0 Å². The van der Waals surface area contributed by atoms with E-state index in [4.69, 9.17) is 9.47 Å². The van der Waals surface area contributed by atoms with E-state index in [1.807, 2.05) is 59.5 Å². The Kier molecular flexibility index (Phi) is 6.40. The summed E-state index contributed by atoms with van der Waals surface area (Å²) in [5.74, 6) is 1.24. The average molecular weight is 431 g/mol. The second-order valence-electron chi connectivity index (χ2n) is 7.76. The van der Waals surface area contributed by atoms with E-state index in [1.54, 1.807) is 32.2 Å². The number of carbonyl (C=O) groups excluding carboxylic acids is 2. The van der Waals surface area contributed by atoms with Crippen LogP contribution in [0.5, 0.6) is 11.5 Å². The van der Waals surface area contributed by atoms with Gasteiger partial charge in [0.15, 0.2) is 6.10 Å². The second kappa shape index (κ2) is 9.56. The van der Waals surface area contributed by atoms with Crippen molar-refractivity contribution in [3.63, 3.8) is 0 Å². The van der Waals surface area contributed by atoms with Crippen LogP contribution >= 0.6 is 0 Å². The van der Waals surface area contributed by atoms with E-state index in [9.17, 15) is 9.59 Å². The molecule has 0 fully saturated rings. The molecule has 1 heterocycles. The number of amides is 2. The fourth-order valence-electron chi connectivity index (χ4n) is 3.72. The lowest BCUT2D eigenvalue weighted by Crippen LogP contribution is -2.39. The van der Waals surface area contributed by atoms with Crippen molar-refractivity contribution in [1.82, 2.24) is 4.90 Å². The van der Waals surface area contributed by atoms with E-state index in [1.165, 1.54) is 0 Å². The summed E-state index contributed by atoms with van der Waals surface area (Å²) in [6, 6.07) is 22.4. The van der Waals surface area contributed by atoms with Crippen molar-refractivity contribution in [2.24, 2.45) is 0 Å². The highest BCUT2D eigenvalue weighted by molar-refractivity contribution is 6.04. The third-order valence-corrected chi connectivity index (χ3v) is 5.51. The molecule has 1 aliphatic heterocycles. The number of anilines is 1. The molecule has 0 radical (unpaired) electrons. The van der Waals surface area contributed by atoms with Crippen LogP contribution in [0, 0.1) is 0 Å². The van der Waals surface area contributed by atoms with Crippen molar-refractivity contribution >= 4 is 17.5 Å². The van der Waals surface area contributed by atoms with Crippen molar-refractivity contribution in [3.05, 3.63) is 89.5 Å². The summed E-state index contributed by atoms with van der Waals surface area (Å²) < 4.78 is 11.1. The maximum atomic E-state index is 12.9. The molecule has 3 aromatic rings. The van der Waals surface area contributed by atoms with Crippen molar-refractivity contribution in [2.45, 2.75) is 26.0 Å². The molecule has 1 atom stereocenters. The van der Waals surface area contributed by atoms with Gasteiger partial charge in [-0.2, -0.15) is 0 Å². The Morgan fingerprint density at radius 3 is 2.56 bits per heavy atom. The highest BCUT2D eigenvalue weighted by Gasteiger charge is 2.27. The Hall–Kier alpha value is -3.80. The minimum absolute atomic E-state index is 0.0513. The van der Waals surface area contributed by atoms with Gasteiger partial charge in [0.2, 0.25) is 0 Å². The van der Waals surface area contributed by atoms with Gasteiger partial charge in [-0.05, 0) is 61.4 Å². The SMILES string of the molecule is COc1ccc(CCN2Cc3cc(NC(=O)c4ccccc4)ccc3O[C@H](C)C2=O)cc1. The Balaban J connectivity index is 1.49. The number of nitrogens with zero attached hydrogens (tertiary/aromatic N) is 1. The molecule has 6 heteroatoms. The zero-order valence-electron chi connectivity index (χ0n) is 18.2. The van der Waals surface area contributed by atoms with Crippen LogP contribution in [-0.2, 0) is 17.8 Å². The third kappa shape index (κ3) is 4.91. The van der Waals surface area contributed by atoms with Crippen LogP contribution in [0.4, 0.5) is 5.69 Å². The predicted molar refractivity (Wildman–Crippen MR) is 123 cm³/mol. The molecule has 0 aliphatic carbocycles. The molecule has 1 aliphatic rings. The molecule has 3 aromatic carbocycles. The molecular weight excluding hydrogens is 404 g/mol. The molecule has 2 amide bonds. The average Bonchev–Trinajstić information content (AvgIpc) is 2.94. The van der Waals surface area contributed by atoms with E-state index in [2.05, 4.69) is 5.32 Å². The van der Waals surface area contributed by atoms with Crippen LogP contribution in [0.15, 0.2) is 72.8 Å². The van der Waals surface area contributed by atoms with Crippen LogP contribution in [-0.4, -0.2) is 36.5 Å². The number of nitrogens with one attached hydrogen (secondary N) is 1. The predicted octanol–water partition coefficient (Wildman–Crippen LogP) is 4.30. The summed E-state index contributed by atoms with van der Waals surface area (Å²) in [4.78, 5) is 27.2. The molecule has 0 unspecified atom stereocenters. The summed E-state index contributed by atoms with van der Waals surface area (Å²) >= 11 is 0. The first-order valence-corrected chi connectivity index (χ1v) is 10.6. The highest BCUT2D eigenvalue weighted by atomic mass is 16.5. The fraction of sp³-hybridized carbons (Fsp3) is 0.231. The zero-order chi connectivity index (χ0) is 22.5. The number of ether oxygens (including phenoxy) is 2. The summed E-state index contributed by atoms with van der Waals surface area (Å²) in [6.45, 7) is 2.76. The van der Waals surface area contributed by atoms with E-state index in [0.717, 1.165) is 23.3 Å². The van der Waals surface area contributed by atoms with Gasteiger partial charge in [-0.15, -0.1) is 0 Å².